The van der Waals surface area contributed by atoms with Crippen LogP contribution >= 0.6 is 0 Å². The molecule has 0 radical (unpaired) electrons. The van der Waals surface area contributed by atoms with E-state index in [1.165, 1.54) is 0 Å². The molecule has 1 aromatic rings. The van der Waals surface area contributed by atoms with Gasteiger partial charge >= 0.3 is 5.97 Å². The van der Waals surface area contributed by atoms with Gasteiger partial charge in [0.2, 0.25) is 5.91 Å². The van der Waals surface area contributed by atoms with Gasteiger partial charge in [0.1, 0.15) is 0 Å². The van der Waals surface area contributed by atoms with E-state index in [1.807, 2.05) is 27.1 Å². The highest BCUT2D eigenvalue weighted by molar-refractivity contribution is 5.91. The lowest BCUT2D eigenvalue weighted by Gasteiger charge is -2.04. The van der Waals surface area contributed by atoms with Crippen molar-refractivity contribution in [3.63, 3.8) is 0 Å². The highest BCUT2D eigenvalue weighted by Crippen LogP contribution is 2.58. The van der Waals surface area contributed by atoms with Gasteiger partial charge in [-0.05, 0) is 17.4 Å². The fourth-order valence-electron chi connectivity index (χ4n) is 2.63. The predicted octanol–water partition coefficient (Wildman–Crippen LogP) is 0.436. The number of amides is 1. The van der Waals surface area contributed by atoms with Crippen LogP contribution in [0.25, 0.3) is 0 Å². The second kappa shape index (κ2) is 4.68. The molecule has 0 saturated heterocycles. The fraction of sp³-hybridized carbons (Fsp3) is 0.615. The number of aryl methyl sites for hydroxylation is 1. The van der Waals surface area contributed by atoms with Gasteiger partial charge in [-0.15, -0.1) is 0 Å². The van der Waals surface area contributed by atoms with Crippen molar-refractivity contribution in [1.82, 2.24) is 15.1 Å². The van der Waals surface area contributed by atoms with Crippen molar-refractivity contribution in [1.29, 1.82) is 0 Å². The van der Waals surface area contributed by atoms with Crippen LogP contribution in [0.5, 0.6) is 0 Å². The van der Waals surface area contributed by atoms with Gasteiger partial charge in [-0.2, -0.15) is 5.10 Å². The fourth-order valence-corrected chi connectivity index (χ4v) is 2.63. The van der Waals surface area contributed by atoms with Crippen LogP contribution in [0.1, 0.15) is 19.4 Å². The summed E-state index contributed by atoms with van der Waals surface area (Å²) in [5.41, 5.74) is 0.608. The van der Waals surface area contributed by atoms with Gasteiger partial charge in [-0.25, -0.2) is 0 Å². The molecule has 0 aromatic carbocycles. The summed E-state index contributed by atoms with van der Waals surface area (Å²) in [6.45, 7) is 4.14. The maximum atomic E-state index is 11.9. The summed E-state index contributed by atoms with van der Waals surface area (Å²) in [7, 11) is 1.84. The molecule has 2 N–H and O–H groups in total. The highest BCUT2D eigenvalue weighted by Gasteiger charge is 2.65. The number of nitrogens with one attached hydrogen (secondary N) is 1. The Morgan fingerprint density at radius 3 is 2.63 bits per heavy atom. The summed E-state index contributed by atoms with van der Waals surface area (Å²) >= 11 is 0. The lowest BCUT2D eigenvalue weighted by atomic mass is 10.1. The lowest BCUT2D eigenvalue weighted by Crippen LogP contribution is -2.29. The molecule has 6 heteroatoms. The molecule has 1 fully saturated rings. The molecule has 1 aliphatic rings. The highest BCUT2D eigenvalue weighted by atomic mass is 16.4. The van der Waals surface area contributed by atoms with Crippen LogP contribution in [-0.4, -0.2) is 33.3 Å². The predicted molar refractivity (Wildman–Crippen MR) is 68.3 cm³/mol. The quantitative estimate of drug-likeness (QED) is 0.809. The first-order valence-electron chi connectivity index (χ1n) is 6.32. The third-order valence-corrected chi connectivity index (χ3v) is 3.85. The van der Waals surface area contributed by atoms with E-state index in [4.69, 9.17) is 5.11 Å². The minimum absolute atomic E-state index is 0.165. The minimum Gasteiger partial charge on any atom is -0.481 e. The average molecular weight is 265 g/mol. The summed E-state index contributed by atoms with van der Waals surface area (Å²) in [5.74, 6) is -2.04. The summed E-state index contributed by atoms with van der Waals surface area (Å²) in [6.07, 6.45) is 4.35. The topological polar surface area (TPSA) is 84.2 Å². The van der Waals surface area contributed by atoms with Gasteiger partial charge in [0.25, 0.3) is 0 Å². The summed E-state index contributed by atoms with van der Waals surface area (Å²) in [4.78, 5) is 22.9. The number of rotatable bonds is 5. The van der Waals surface area contributed by atoms with E-state index in [2.05, 4.69) is 10.4 Å². The van der Waals surface area contributed by atoms with E-state index >= 15 is 0 Å². The third-order valence-electron chi connectivity index (χ3n) is 3.85. The number of aliphatic carboxylic acids is 1. The zero-order valence-electron chi connectivity index (χ0n) is 11.4. The van der Waals surface area contributed by atoms with Crippen molar-refractivity contribution in [2.75, 3.05) is 6.54 Å². The van der Waals surface area contributed by atoms with E-state index in [9.17, 15) is 9.59 Å². The maximum absolute atomic E-state index is 11.9. The van der Waals surface area contributed by atoms with Crippen molar-refractivity contribution in [3.8, 4) is 0 Å². The molecular formula is C13H19N3O3. The SMILES string of the molecule is Cn1cc(CCNC(=O)C2C(C(=O)O)C2(C)C)cn1. The molecule has 2 rings (SSSR count). The maximum Gasteiger partial charge on any atom is 0.307 e. The van der Waals surface area contributed by atoms with Gasteiger partial charge in [0.05, 0.1) is 18.0 Å². The van der Waals surface area contributed by atoms with E-state index in [0.717, 1.165) is 5.56 Å². The van der Waals surface area contributed by atoms with Gasteiger partial charge in [-0.1, -0.05) is 13.8 Å². The van der Waals surface area contributed by atoms with Crippen LogP contribution in [0.2, 0.25) is 0 Å². The number of hydrogen-bond acceptors (Lipinski definition) is 3. The van der Waals surface area contributed by atoms with Crippen LogP contribution in [0.4, 0.5) is 0 Å². The van der Waals surface area contributed by atoms with Gasteiger partial charge in [-0.3, -0.25) is 14.3 Å². The molecule has 0 bridgehead atoms. The Kier molecular flexibility index (Phi) is 3.34. The molecule has 104 valence electrons. The molecule has 1 heterocycles. The molecule has 6 nitrogen and oxygen atoms in total. The second-order valence-electron chi connectivity index (χ2n) is 5.68. The minimum atomic E-state index is -0.891. The first-order valence-corrected chi connectivity index (χ1v) is 6.32. The monoisotopic (exact) mass is 265 g/mol. The van der Waals surface area contributed by atoms with Crippen LogP contribution in [0.15, 0.2) is 12.4 Å². The Balaban J connectivity index is 1.81. The Labute approximate surface area is 111 Å². The van der Waals surface area contributed by atoms with E-state index < -0.39 is 23.2 Å². The Morgan fingerprint density at radius 2 is 2.16 bits per heavy atom. The second-order valence-corrected chi connectivity index (χ2v) is 5.68. The van der Waals surface area contributed by atoms with Crippen molar-refractivity contribution in [2.45, 2.75) is 20.3 Å². The van der Waals surface area contributed by atoms with Crippen molar-refractivity contribution in [2.24, 2.45) is 24.3 Å². The molecule has 1 saturated carbocycles. The van der Waals surface area contributed by atoms with Crippen LogP contribution in [0.3, 0.4) is 0 Å². The average Bonchev–Trinajstić information content (AvgIpc) is 2.65. The molecule has 19 heavy (non-hydrogen) atoms. The smallest absolute Gasteiger partial charge is 0.307 e. The molecule has 0 aliphatic heterocycles. The van der Waals surface area contributed by atoms with Crippen molar-refractivity contribution >= 4 is 11.9 Å². The molecule has 1 aromatic heterocycles. The van der Waals surface area contributed by atoms with Crippen molar-refractivity contribution < 1.29 is 14.7 Å². The number of carbonyl (C=O) groups excluding carboxylic acids is 1. The molecule has 2 unspecified atom stereocenters. The standard InChI is InChI=1S/C13H19N3O3/c1-13(2)9(10(13)12(18)19)11(17)14-5-4-8-6-15-16(3)7-8/h6-7,9-10H,4-5H2,1-3H3,(H,14,17)(H,18,19). The van der Waals surface area contributed by atoms with Crippen LogP contribution in [0, 0.1) is 17.3 Å². The number of aromatic nitrogens is 2. The van der Waals surface area contributed by atoms with Crippen LogP contribution < -0.4 is 5.32 Å². The first-order chi connectivity index (χ1) is 8.84. The third kappa shape index (κ3) is 2.62. The largest absolute Gasteiger partial charge is 0.481 e. The summed E-state index contributed by atoms with van der Waals surface area (Å²) in [6, 6.07) is 0. The van der Waals surface area contributed by atoms with E-state index in [-0.39, 0.29) is 5.91 Å². The van der Waals surface area contributed by atoms with Crippen LogP contribution in [-0.2, 0) is 23.1 Å². The summed E-state index contributed by atoms with van der Waals surface area (Å²) in [5, 5.41) is 15.9. The van der Waals surface area contributed by atoms with Gasteiger partial charge < -0.3 is 10.4 Å². The number of carboxylic acids is 1. The summed E-state index contributed by atoms with van der Waals surface area (Å²) < 4.78 is 1.71. The molecule has 1 aliphatic carbocycles. The molecule has 0 spiro atoms. The number of carboxylic acid groups (broad SMARTS) is 1. The number of carbonyl (C=O) groups is 2. The Hall–Kier alpha value is -1.85. The molecule has 2 atom stereocenters. The normalized spacial score (nSPS) is 23.9. The zero-order valence-corrected chi connectivity index (χ0v) is 11.4. The Morgan fingerprint density at radius 1 is 1.47 bits per heavy atom. The first kappa shape index (κ1) is 13.6. The van der Waals surface area contributed by atoms with Gasteiger partial charge in [0, 0.05) is 19.8 Å². The number of hydrogen-bond donors (Lipinski definition) is 2. The molecule has 1 amide bonds. The van der Waals surface area contributed by atoms with Gasteiger partial charge in [0.15, 0.2) is 0 Å². The van der Waals surface area contributed by atoms with Crippen molar-refractivity contribution in [3.05, 3.63) is 18.0 Å². The van der Waals surface area contributed by atoms with E-state index in [1.54, 1.807) is 10.9 Å². The zero-order chi connectivity index (χ0) is 14.2. The lowest BCUT2D eigenvalue weighted by molar-refractivity contribution is -0.140. The molecular weight excluding hydrogens is 246 g/mol. The van der Waals surface area contributed by atoms with E-state index in [0.29, 0.717) is 13.0 Å². The Bertz CT molecular complexity index is 507. The number of nitrogens with zero attached hydrogens (tertiary/aromatic N) is 2.